The fourth-order valence-electron chi connectivity index (χ4n) is 2.41. The van der Waals surface area contributed by atoms with Gasteiger partial charge in [0.1, 0.15) is 5.82 Å². The Morgan fingerprint density at radius 2 is 2.22 bits per heavy atom. The zero-order valence-electron chi connectivity index (χ0n) is 10.8. The summed E-state index contributed by atoms with van der Waals surface area (Å²) in [6, 6.07) is 3.94. The summed E-state index contributed by atoms with van der Waals surface area (Å²) in [5, 5.41) is 0. The molecule has 0 radical (unpaired) electrons. The van der Waals surface area contributed by atoms with Crippen molar-refractivity contribution in [3.8, 4) is 0 Å². The Morgan fingerprint density at radius 1 is 1.50 bits per heavy atom. The molecule has 18 heavy (non-hydrogen) atoms. The summed E-state index contributed by atoms with van der Waals surface area (Å²) in [4.78, 5) is 14.1. The topological polar surface area (TPSA) is 46.3 Å². The summed E-state index contributed by atoms with van der Waals surface area (Å²) in [5.74, 6) is 0.630. The van der Waals surface area contributed by atoms with Crippen molar-refractivity contribution in [3.63, 3.8) is 0 Å². The molecule has 1 atom stereocenters. The fraction of sp³-hybridized carbons (Fsp3) is 0.500. The minimum Gasteiger partial charge on any atom is -0.398 e. The van der Waals surface area contributed by atoms with Gasteiger partial charge in [-0.25, -0.2) is 4.39 Å². The summed E-state index contributed by atoms with van der Waals surface area (Å²) in [5.41, 5.74) is 6.32. The normalized spacial score (nSPS) is 19.6. The third-order valence-corrected chi connectivity index (χ3v) is 3.70. The van der Waals surface area contributed by atoms with Crippen molar-refractivity contribution in [1.29, 1.82) is 0 Å². The van der Waals surface area contributed by atoms with Crippen LogP contribution in [0.5, 0.6) is 0 Å². The van der Waals surface area contributed by atoms with Crippen LogP contribution in [0.25, 0.3) is 0 Å². The van der Waals surface area contributed by atoms with E-state index in [-0.39, 0.29) is 11.6 Å². The molecule has 1 heterocycles. The molecule has 1 aliphatic heterocycles. The molecule has 0 aliphatic carbocycles. The highest BCUT2D eigenvalue weighted by atomic mass is 19.1. The highest BCUT2D eigenvalue weighted by Crippen LogP contribution is 2.26. The molecular weight excluding hydrogens is 231 g/mol. The average Bonchev–Trinajstić information content (AvgIpc) is 2.77. The van der Waals surface area contributed by atoms with Crippen LogP contribution in [-0.4, -0.2) is 23.9 Å². The number of halogens is 1. The SMILES string of the molecule is CC(C)C1CCN(C(=O)c2ccc(F)cc2N)C1. The molecule has 3 nitrogen and oxygen atoms in total. The lowest BCUT2D eigenvalue weighted by atomic mass is 9.95. The molecule has 1 aromatic rings. The highest BCUT2D eigenvalue weighted by Gasteiger charge is 2.29. The number of benzene rings is 1. The largest absolute Gasteiger partial charge is 0.398 e. The van der Waals surface area contributed by atoms with Crippen LogP contribution in [0.3, 0.4) is 0 Å². The van der Waals surface area contributed by atoms with Crippen LogP contribution in [0.4, 0.5) is 10.1 Å². The molecule has 1 aliphatic rings. The second kappa shape index (κ2) is 4.96. The standard InChI is InChI=1S/C14H19FN2O/c1-9(2)10-5-6-17(8-10)14(18)12-4-3-11(15)7-13(12)16/h3-4,7,9-10H,5-6,8,16H2,1-2H3. The molecule has 0 aromatic heterocycles. The Bertz CT molecular complexity index is 459. The molecule has 98 valence electrons. The van der Waals surface area contributed by atoms with E-state index in [1.165, 1.54) is 18.2 Å². The summed E-state index contributed by atoms with van der Waals surface area (Å²) < 4.78 is 13.0. The van der Waals surface area contributed by atoms with Crippen molar-refractivity contribution < 1.29 is 9.18 Å². The van der Waals surface area contributed by atoms with Gasteiger partial charge >= 0.3 is 0 Å². The summed E-state index contributed by atoms with van der Waals surface area (Å²) >= 11 is 0. The molecular formula is C14H19FN2O. The second-order valence-corrected chi connectivity index (χ2v) is 5.28. The Balaban J connectivity index is 2.13. The lowest BCUT2D eigenvalue weighted by molar-refractivity contribution is 0.0785. The van der Waals surface area contributed by atoms with Gasteiger partial charge in [-0.3, -0.25) is 4.79 Å². The number of nitrogen functional groups attached to an aromatic ring is 1. The van der Waals surface area contributed by atoms with Gasteiger partial charge < -0.3 is 10.6 Å². The van der Waals surface area contributed by atoms with Gasteiger partial charge in [0.2, 0.25) is 0 Å². The number of anilines is 1. The number of carbonyl (C=O) groups is 1. The van der Waals surface area contributed by atoms with Crippen LogP contribution in [0.15, 0.2) is 18.2 Å². The number of hydrogen-bond acceptors (Lipinski definition) is 2. The molecule has 1 aromatic carbocycles. The van der Waals surface area contributed by atoms with E-state index in [2.05, 4.69) is 13.8 Å². The van der Waals surface area contributed by atoms with E-state index in [1.807, 2.05) is 4.90 Å². The van der Waals surface area contributed by atoms with E-state index in [1.54, 1.807) is 0 Å². The molecule has 0 bridgehead atoms. The molecule has 1 unspecified atom stereocenters. The van der Waals surface area contributed by atoms with Crippen LogP contribution < -0.4 is 5.73 Å². The molecule has 0 saturated carbocycles. The minimum atomic E-state index is -0.412. The summed E-state index contributed by atoms with van der Waals surface area (Å²) in [7, 11) is 0. The Morgan fingerprint density at radius 3 is 2.78 bits per heavy atom. The maximum atomic E-state index is 13.0. The van der Waals surface area contributed by atoms with Gasteiger partial charge in [-0.1, -0.05) is 13.8 Å². The molecule has 1 amide bonds. The number of nitrogens with zero attached hydrogens (tertiary/aromatic N) is 1. The predicted octanol–water partition coefficient (Wildman–Crippen LogP) is 2.53. The first kappa shape index (κ1) is 12.9. The maximum absolute atomic E-state index is 13.0. The average molecular weight is 250 g/mol. The Kier molecular flexibility index (Phi) is 3.55. The Labute approximate surface area is 107 Å². The van der Waals surface area contributed by atoms with Gasteiger partial charge in [-0.2, -0.15) is 0 Å². The fourth-order valence-corrected chi connectivity index (χ4v) is 2.41. The van der Waals surface area contributed by atoms with Crippen molar-refractivity contribution in [1.82, 2.24) is 4.90 Å². The number of rotatable bonds is 2. The third-order valence-electron chi connectivity index (χ3n) is 3.70. The number of likely N-dealkylation sites (tertiary alicyclic amines) is 1. The Hall–Kier alpha value is -1.58. The number of hydrogen-bond donors (Lipinski definition) is 1. The van der Waals surface area contributed by atoms with E-state index in [9.17, 15) is 9.18 Å². The first-order valence-electron chi connectivity index (χ1n) is 6.33. The van der Waals surface area contributed by atoms with Crippen LogP contribution in [0.1, 0.15) is 30.6 Å². The third kappa shape index (κ3) is 2.47. The highest BCUT2D eigenvalue weighted by molar-refractivity contribution is 5.99. The van der Waals surface area contributed by atoms with Gasteiger partial charge in [-0.05, 0) is 36.5 Å². The van der Waals surface area contributed by atoms with E-state index < -0.39 is 5.82 Å². The van der Waals surface area contributed by atoms with Crippen LogP contribution >= 0.6 is 0 Å². The summed E-state index contributed by atoms with van der Waals surface area (Å²) in [6.45, 7) is 5.88. The molecule has 2 rings (SSSR count). The number of carbonyl (C=O) groups excluding carboxylic acids is 1. The van der Waals surface area contributed by atoms with Crippen molar-refractivity contribution in [2.75, 3.05) is 18.8 Å². The van der Waals surface area contributed by atoms with E-state index in [0.29, 0.717) is 17.4 Å². The van der Waals surface area contributed by atoms with Gasteiger partial charge in [0.15, 0.2) is 0 Å². The van der Waals surface area contributed by atoms with E-state index >= 15 is 0 Å². The molecule has 1 fully saturated rings. The quantitative estimate of drug-likeness (QED) is 0.820. The summed E-state index contributed by atoms with van der Waals surface area (Å²) in [6.07, 6.45) is 1.03. The number of amides is 1. The van der Waals surface area contributed by atoms with E-state index in [4.69, 9.17) is 5.73 Å². The zero-order valence-corrected chi connectivity index (χ0v) is 10.8. The molecule has 2 N–H and O–H groups in total. The van der Waals surface area contributed by atoms with Crippen LogP contribution in [-0.2, 0) is 0 Å². The van der Waals surface area contributed by atoms with Crippen molar-refractivity contribution in [2.45, 2.75) is 20.3 Å². The number of nitrogens with two attached hydrogens (primary N) is 1. The predicted molar refractivity (Wildman–Crippen MR) is 69.7 cm³/mol. The first-order valence-corrected chi connectivity index (χ1v) is 6.33. The van der Waals surface area contributed by atoms with Gasteiger partial charge in [-0.15, -0.1) is 0 Å². The first-order chi connectivity index (χ1) is 8.49. The maximum Gasteiger partial charge on any atom is 0.255 e. The van der Waals surface area contributed by atoms with Crippen LogP contribution in [0, 0.1) is 17.7 Å². The lowest BCUT2D eigenvalue weighted by Gasteiger charge is -2.19. The van der Waals surface area contributed by atoms with Crippen molar-refractivity contribution in [3.05, 3.63) is 29.6 Å². The second-order valence-electron chi connectivity index (χ2n) is 5.28. The van der Waals surface area contributed by atoms with Crippen molar-refractivity contribution in [2.24, 2.45) is 11.8 Å². The lowest BCUT2D eigenvalue weighted by Crippen LogP contribution is -2.30. The van der Waals surface area contributed by atoms with Gasteiger partial charge in [0, 0.05) is 18.8 Å². The molecule has 4 heteroatoms. The van der Waals surface area contributed by atoms with Gasteiger partial charge in [0.25, 0.3) is 5.91 Å². The van der Waals surface area contributed by atoms with Gasteiger partial charge in [0.05, 0.1) is 5.56 Å². The molecule has 1 saturated heterocycles. The monoisotopic (exact) mass is 250 g/mol. The van der Waals surface area contributed by atoms with Crippen LogP contribution in [0.2, 0.25) is 0 Å². The molecule has 0 spiro atoms. The smallest absolute Gasteiger partial charge is 0.255 e. The minimum absolute atomic E-state index is 0.0874. The zero-order chi connectivity index (χ0) is 13.3. The van der Waals surface area contributed by atoms with E-state index in [0.717, 1.165) is 19.5 Å². The van der Waals surface area contributed by atoms with Crippen molar-refractivity contribution >= 4 is 11.6 Å².